The molecule has 1 N–H and O–H groups in total. The number of fused-ring (bicyclic) bond motifs is 1. The third-order valence-electron chi connectivity index (χ3n) is 3.88. The Morgan fingerprint density at radius 3 is 2.71 bits per heavy atom. The van der Waals surface area contributed by atoms with E-state index in [-0.39, 0.29) is 16.5 Å². The predicted octanol–water partition coefficient (Wildman–Crippen LogP) is 4.36. The number of rotatable bonds is 5. The maximum atomic E-state index is 12.7. The van der Waals surface area contributed by atoms with Crippen molar-refractivity contribution in [3.8, 4) is 0 Å². The Morgan fingerprint density at radius 1 is 1.21 bits per heavy atom. The number of benzene rings is 2. The van der Waals surface area contributed by atoms with Gasteiger partial charge in [-0.15, -0.1) is 0 Å². The average Bonchev–Trinajstić information content (AvgIpc) is 2.97. The number of anilines is 1. The molecule has 0 aliphatic carbocycles. The van der Waals surface area contributed by atoms with Crippen molar-refractivity contribution in [2.24, 2.45) is 4.99 Å². The Labute approximate surface area is 175 Å². The summed E-state index contributed by atoms with van der Waals surface area (Å²) in [5, 5.41) is 3.45. The van der Waals surface area contributed by atoms with Crippen LogP contribution in [0.4, 0.5) is 5.69 Å². The molecule has 2 aromatic carbocycles. The fraction of sp³-hybridized carbons (Fsp3) is 0.211. The third-order valence-corrected chi connectivity index (χ3v) is 5.48. The maximum absolute atomic E-state index is 12.7. The second-order valence-electron chi connectivity index (χ2n) is 5.93. The predicted molar refractivity (Wildman–Crippen MR) is 112 cm³/mol. The van der Waals surface area contributed by atoms with Crippen LogP contribution >= 0.6 is 34.5 Å². The van der Waals surface area contributed by atoms with Crippen LogP contribution in [0.5, 0.6) is 0 Å². The normalized spacial score (nSPS) is 11.8. The molecule has 1 aromatic heterocycles. The lowest BCUT2D eigenvalue weighted by molar-refractivity contribution is -0.114. The molecule has 146 valence electrons. The molecule has 0 fully saturated rings. The molecule has 0 saturated heterocycles. The van der Waals surface area contributed by atoms with Gasteiger partial charge in [0.25, 0.3) is 5.91 Å². The van der Waals surface area contributed by atoms with Crippen LogP contribution in [0.2, 0.25) is 10.0 Å². The van der Waals surface area contributed by atoms with Crippen molar-refractivity contribution < 1.29 is 14.3 Å². The van der Waals surface area contributed by atoms with Gasteiger partial charge in [0.2, 0.25) is 5.91 Å². The monoisotopic (exact) mass is 437 g/mol. The quantitative estimate of drug-likeness (QED) is 0.644. The Balaban J connectivity index is 2.11. The van der Waals surface area contributed by atoms with Gasteiger partial charge < -0.3 is 14.6 Å². The highest BCUT2D eigenvalue weighted by Crippen LogP contribution is 2.24. The molecule has 0 spiro atoms. The van der Waals surface area contributed by atoms with Crippen molar-refractivity contribution in [1.29, 1.82) is 0 Å². The summed E-state index contributed by atoms with van der Waals surface area (Å²) in [7, 11) is 1.61. The summed E-state index contributed by atoms with van der Waals surface area (Å²) in [6, 6.07) is 10.2. The van der Waals surface area contributed by atoms with E-state index in [1.165, 1.54) is 24.3 Å². The van der Waals surface area contributed by atoms with E-state index in [0.717, 1.165) is 10.2 Å². The fourth-order valence-corrected chi connectivity index (χ4v) is 4.11. The number of hydrogen-bond donors (Lipinski definition) is 1. The molecule has 3 rings (SSSR count). The number of methoxy groups -OCH3 is 1. The van der Waals surface area contributed by atoms with Crippen LogP contribution in [0.1, 0.15) is 17.3 Å². The second-order valence-corrected chi connectivity index (χ2v) is 7.79. The van der Waals surface area contributed by atoms with Gasteiger partial charge in [0.15, 0.2) is 4.80 Å². The summed E-state index contributed by atoms with van der Waals surface area (Å²) < 4.78 is 7.96. The zero-order valence-corrected chi connectivity index (χ0v) is 17.5. The number of halogens is 2. The van der Waals surface area contributed by atoms with Crippen molar-refractivity contribution in [2.45, 2.75) is 13.5 Å². The first-order chi connectivity index (χ1) is 13.4. The van der Waals surface area contributed by atoms with Gasteiger partial charge in [-0.05, 0) is 36.4 Å². The summed E-state index contributed by atoms with van der Waals surface area (Å²) in [6.07, 6.45) is 0. The van der Waals surface area contributed by atoms with E-state index in [2.05, 4.69) is 10.3 Å². The number of ether oxygens (including phenoxy) is 1. The van der Waals surface area contributed by atoms with E-state index in [0.29, 0.717) is 28.7 Å². The zero-order chi connectivity index (χ0) is 20.3. The van der Waals surface area contributed by atoms with E-state index in [1.807, 2.05) is 16.7 Å². The molecular formula is C19H17Cl2N3O3S. The molecule has 0 aliphatic rings. The van der Waals surface area contributed by atoms with Gasteiger partial charge >= 0.3 is 0 Å². The molecule has 0 radical (unpaired) electrons. The van der Waals surface area contributed by atoms with Crippen molar-refractivity contribution in [1.82, 2.24) is 4.57 Å². The summed E-state index contributed by atoms with van der Waals surface area (Å²) in [5.74, 6) is -0.633. The Kier molecular flexibility index (Phi) is 6.51. The van der Waals surface area contributed by atoms with Gasteiger partial charge in [-0.1, -0.05) is 34.5 Å². The van der Waals surface area contributed by atoms with E-state index in [9.17, 15) is 9.59 Å². The largest absolute Gasteiger partial charge is 0.383 e. The molecule has 0 aliphatic heterocycles. The van der Waals surface area contributed by atoms with Gasteiger partial charge in [0.1, 0.15) is 0 Å². The SMILES string of the molecule is COCCn1c(=NC(=O)c2cc(Cl)ccc2Cl)sc2cc(NC(C)=O)ccc21. The van der Waals surface area contributed by atoms with Crippen LogP contribution in [0.3, 0.4) is 0 Å². The molecule has 9 heteroatoms. The highest BCUT2D eigenvalue weighted by molar-refractivity contribution is 7.16. The lowest BCUT2D eigenvalue weighted by Crippen LogP contribution is -2.19. The Bertz CT molecular complexity index is 1120. The van der Waals surface area contributed by atoms with Crippen molar-refractivity contribution in [3.05, 3.63) is 56.8 Å². The topological polar surface area (TPSA) is 72.7 Å². The van der Waals surface area contributed by atoms with E-state index >= 15 is 0 Å². The number of carbonyl (C=O) groups excluding carboxylic acids is 2. The average molecular weight is 438 g/mol. The first-order valence-corrected chi connectivity index (χ1v) is 9.90. The molecule has 0 atom stereocenters. The lowest BCUT2D eigenvalue weighted by atomic mass is 10.2. The van der Waals surface area contributed by atoms with Gasteiger partial charge in [-0.25, -0.2) is 0 Å². The molecule has 28 heavy (non-hydrogen) atoms. The molecule has 0 bridgehead atoms. The minimum atomic E-state index is -0.479. The summed E-state index contributed by atoms with van der Waals surface area (Å²) in [4.78, 5) is 28.8. The van der Waals surface area contributed by atoms with Gasteiger partial charge in [-0.2, -0.15) is 4.99 Å². The van der Waals surface area contributed by atoms with Gasteiger partial charge in [-0.3, -0.25) is 9.59 Å². The minimum Gasteiger partial charge on any atom is -0.383 e. The second kappa shape index (κ2) is 8.87. The summed E-state index contributed by atoms with van der Waals surface area (Å²) in [6.45, 7) is 2.43. The molecule has 1 heterocycles. The van der Waals surface area contributed by atoms with Crippen LogP contribution in [-0.4, -0.2) is 30.1 Å². The Morgan fingerprint density at radius 2 is 2.00 bits per heavy atom. The summed E-state index contributed by atoms with van der Waals surface area (Å²) in [5.41, 5.74) is 1.81. The molecule has 6 nitrogen and oxygen atoms in total. The standard InChI is InChI=1S/C19H17Cl2N3O3S/c1-11(25)22-13-4-6-16-17(10-13)28-19(24(16)7-8-27-2)23-18(26)14-9-12(20)3-5-15(14)21/h3-6,9-10H,7-8H2,1-2H3,(H,22,25). The first-order valence-electron chi connectivity index (χ1n) is 8.33. The molecule has 2 amide bonds. The highest BCUT2D eigenvalue weighted by Gasteiger charge is 2.13. The number of hydrogen-bond acceptors (Lipinski definition) is 4. The molecular weight excluding hydrogens is 421 g/mol. The van der Waals surface area contributed by atoms with Gasteiger partial charge in [0.05, 0.1) is 27.4 Å². The Hall–Kier alpha value is -2.19. The number of amides is 2. The molecule has 0 saturated carbocycles. The molecule has 0 unspecified atom stereocenters. The number of carbonyl (C=O) groups is 2. The van der Waals surface area contributed by atoms with Crippen molar-refractivity contribution in [2.75, 3.05) is 19.0 Å². The van der Waals surface area contributed by atoms with Gasteiger partial charge in [0, 0.05) is 31.3 Å². The maximum Gasteiger partial charge on any atom is 0.281 e. The van der Waals surface area contributed by atoms with Crippen LogP contribution in [0.25, 0.3) is 10.2 Å². The number of nitrogens with zero attached hydrogens (tertiary/aromatic N) is 2. The molecule has 3 aromatic rings. The first kappa shape index (κ1) is 20.5. The van der Waals surface area contributed by atoms with Crippen LogP contribution in [-0.2, 0) is 16.1 Å². The van der Waals surface area contributed by atoms with E-state index in [1.54, 1.807) is 25.3 Å². The number of nitrogens with one attached hydrogen (secondary N) is 1. The summed E-state index contributed by atoms with van der Waals surface area (Å²) >= 11 is 13.4. The van der Waals surface area contributed by atoms with E-state index < -0.39 is 5.91 Å². The minimum absolute atomic E-state index is 0.154. The van der Waals surface area contributed by atoms with Crippen molar-refractivity contribution >= 4 is 62.3 Å². The zero-order valence-electron chi connectivity index (χ0n) is 15.2. The van der Waals surface area contributed by atoms with Crippen molar-refractivity contribution in [3.63, 3.8) is 0 Å². The number of aromatic nitrogens is 1. The number of thiazole rings is 1. The fourth-order valence-electron chi connectivity index (χ4n) is 2.65. The third kappa shape index (κ3) is 4.62. The van der Waals surface area contributed by atoms with E-state index in [4.69, 9.17) is 27.9 Å². The smallest absolute Gasteiger partial charge is 0.281 e. The lowest BCUT2D eigenvalue weighted by Gasteiger charge is -2.06. The highest BCUT2D eigenvalue weighted by atomic mass is 35.5. The van der Waals surface area contributed by atoms with Crippen LogP contribution in [0.15, 0.2) is 41.4 Å². The van der Waals surface area contributed by atoms with Crippen LogP contribution < -0.4 is 10.1 Å². The van der Waals surface area contributed by atoms with Crippen LogP contribution in [0, 0.1) is 0 Å².